The number of piperidine rings is 1. The molecular formula is C33H45N3O3. The number of carbonyl (C=O) groups excluding carboxylic acids is 2. The van der Waals surface area contributed by atoms with Crippen molar-refractivity contribution in [1.29, 1.82) is 0 Å². The van der Waals surface area contributed by atoms with E-state index in [4.69, 9.17) is 4.74 Å². The zero-order chi connectivity index (χ0) is 27.8. The number of amides is 2. The Morgan fingerprint density at radius 2 is 1.51 bits per heavy atom. The van der Waals surface area contributed by atoms with Gasteiger partial charge in [0.15, 0.2) is 0 Å². The molecule has 39 heavy (non-hydrogen) atoms. The molecule has 2 saturated heterocycles. The van der Waals surface area contributed by atoms with Crippen molar-refractivity contribution in [2.75, 3.05) is 32.7 Å². The van der Waals surface area contributed by atoms with Crippen LogP contribution in [0.1, 0.15) is 93.7 Å². The summed E-state index contributed by atoms with van der Waals surface area (Å²) in [6.45, 7) is 14.2. The molecule has 2 heterocycles. The first-order valence-corrected chi connectivity index (χ1v) is 14.7. The quantitative estimate of drug-likeness (QED) is 0.453. The van der Waals surface area contributed by atoms with Crippen LogP contribution >= 0.6 is 0 Å². The first kappa shape index (κ1) is 27.7. The molecule has 1 spiro atoms. The fourth-order valence-corrected chi connectivity index (χ4v) is 6.87. The summed E-state index contributed by atoms with van der Waals surface area (Å²) >= 11 is 0. The Morgan fingerprint density at radius 3 is 2.15 bits per heavy atom. The Hall–Kier alpha value is -2.86. The van der Waals surface area contributed by atoms with Gasteiger partial charge >= 0.3 is 6.09 Å². The third-order valence-corrected chi connectivity index (χ3v) is 8.99. The number of benzene rings is 2. The smallest absolute Gasteiger partial charge is 0.410 e. The molecule has 1 atom stereocenters. The molecule has 3 fully saturated rings. The van der Waals surface area contributed by atoms with Crippen molar-refractivity contribution in [3.8, 4) is 0 Å². The van der Waals surface area contributed by atoms with Crippen LogP contribution in [0.4, 0.5) is 4.79 Å². The number of ether oxygens (including phenoxy) is 1. The van der Waals surface area contributed by atoms with Gasteiger partial charge in [-0.05, 0) is 81.0 Å². The lowest BCUT2D eigenvalue weighted by Crippen LogP contribution is -2.60. The highest BCUT2D eigenvalue weighted by molar-refractivity contribution is 5.94. The highest BCUT2D eigenvalue weighted by atomic mass is 16.6. The minimum atomic E-state index is -0.459. The van der Waals surface area contributed by atoms with Gasteiger partial charge in [-0.2, -0.15) is 0 Å². The predicted octanol–water partition coefficient (Wildman–Crippen LogP) is 6.49. The molecule has 0 bridgehead atoms. The average molecular weight is 532 g/mol. The predicted molar refractivity (Wildman–Crippen MR) is 155 cm³/mol. The zero-order valence-electron chi connectivity index (χ0n) is 24.4. The van der Waals surface area contributed by atoms with Gasteiger partial charge in [-0.3, -0.25) is 9.69 Å². The molecule has 1 saturated carbocycles. The van der Waals surface area contributed by atoms with Crippen molar-refractivity contribution in [3.63, 3.8) is 0 Å². The molecule has 0 aromatic heterocycles. The fourth-order valence-electron chi connectivity index (χ4n) is 6.87. The minimum Gasteiger partial charge on any atom is -0.444 e. The molecule has 6 nitrogen and oxygen atoms in total. The van der Waals surface area contributed by atoms with Crippen LogP contribution < -0.4 is 0 Å². The van der Waals surface area contributed by atoms with Crippen molar-refractivity contribution in [2.24, 2.45) is 5.41 Å². The number of likely N-dealkylation sites (tertiary alicyclic amines) is 1. The molecule has 1 unspecified atom stereocenters. The summed E-state index contributed by atoms with van der Waals surface area (Å²) in [5.41, 5.74) is 3.36. The Kier molecular flexibility index (Phi) is 7.78. The summed E-state index contributed by atoms with van der Waals surface area (Å²) in [7, 11) is 0. The lowest BCUT2D eigenvalue weighted by Gasteiger charge is -2.58. The average Bonchev–Trinajstić information content (AvgIpc) is 2.90. The van der Waals surface area contributed by atoms with Crippen LogP contribution in [0.15, 0.2) is 54.6 Å². The first-order valence-electron chi connectivity index (χ1n) is 14.7. The number of hydrogen-bond donors (Lipinski definition) is 0. The highest BCUT2D eigenvalue weighted by Crippen LogP contribution is 2.53. The third kappa shape index (κ3) is 6.01. The van der Waals surface area contributed by atoms with E-state index in [9.17, 15) is 9.59 Å². The molecule has 3 aliphatic rings. The van der Waals surface area contributed by atoms with Crippen LogP contribution in [0.3, 0.4) is 0 Å². The van der Waals surface area contributed by atoms with E-state index < -0.39 is 5.60 Å². The van der Waals surface area contributed by atoms with E-state index in [1.807, 2.05) is 56.0 Å². The summed E-state index contributed by atoms with van der Waals surface area (Å²) in [5, 5.41) is 0. The SMILES string of the molecule is CC(C)c1ccccc1C1CN(C(=O)c2ccccc2)CCN1C1CC2(CCN(C(=O)OC(C)(C)C)CC2)C1. The summed E-state index contributed by atoms with van der Waals surface area (Å²) in [4.78, 5) is 32.7. The van der Waals surface area contributed by atoms with Crippen LogP contribution in [-0.2, 0) is 4.74 Å². The molecular weight excluding hydrogens is 486 g/mol. The van der Waals surface area contributed by atoms with Crippen LogP contribution in [0.2, 0.25) is 0 Å². The maximum Gasteiger partial charge on any atom is 0.410 e. The topological polar surface area (TPSA) is 53.1 Å². The van der Waals surface area contributed by atoms with E-state index in [0.29, 0.717) is 23.9 Å². The van der Waals surface area contributed by atoms with Crippen LogP contribution in [0.25, 0.3) is 0 Å². The summed E-state index contributed by atoms with van der Waals surface area (Å²) in [5.74, 6) is 0.551. The summed E-state index contributed by atoms with van der Waals surface area (Å²) < 4.78 is 5.61. The second kappa shape index (κ2) is 11.0. The Bertz CT molecular complexity index is 1160. The van der Waals surface area contributed by atoms with E-state index in [-0.39, 0.29) is 18.0 Å². The Labute approximate surface area is 234 Å². The van der Waals surface area contributed by atoms with Gasteiger partial charge in [-0.15, -0.1) is 0 Å². The van der Waals surface area contributed by atoms with Gasteiger partial charge in [0.1, 0.15) is 5.60 Å². The van der Waals surface area contributed by atoms with Crippen molar-refractivity contribution in [1.82, 2.24) is 14.7 Å². The summed E-state index contributed by atoms with van der Waals surface area (Å²) in [6.07, 6.45) is 4.24. The number of hydrogen-bond acceptors (Lipinski definition) is 4. The van der Waals surface area contributed by atoms with Gasteiger partial charge < -0.3 is 14.5 Å². The van der Waals surface area contributed by atoms with Crippen LogP contribution in [0, 0.1) is 5.41 Å². The molecule has 2 aromatic rings. The number of piperazine rings is 1. The number of rotatable bonds is 4. The standard InChI is InChI=1S/C33H45N3O3/c1-24(2)27-13-9-10-14-28(27)29-23-35(30(37)25-11-7-6-8-12-25)19-20-36(29)26-21-33(22-26)15-17-34(18-16-33)31(38)39-32(3,4)5/h6-14,24,26,29H,15-23H2,1-5H3. The molecule has 0 radical (unpaired) electrons. The maximum absolute atomic E-state index is 13.4. The second-order valence-corrected chi connectivity index (χ2v) is 13.2. The van der Waals surface area contributed by atoms with Crippen molar-refractivity contribution in [3.05, 3.63) is 71.3 Å². The first-order chi connectivity index (χ1) is 18.6. The summed E-state index contributed by atoms with van der Waals surface area (Å²) in [6, 6.07) is 19.2. The molecule has 6 heteroatoms. The van der Waals surface area contributed by atoms with Gasteiger partial charge in [0, 0.05) is 44.3 Å². The van der Waals surface area contributed by atoms with Crippen molar-refractivity contribution < 1.29 is 14.3 Å². The van der Waals surface area contributed by atoms with E-state index in [0.717, 1.165) is 44.6 Å². The van der Waals surface area contributed by atoms with E-state index in [1.165, 1.54) is 24.0 Å². The van der Waals surface area contributed by atoms with Crippen LogP contribution in [-0.4, -0.2) is 71.1 Å². The normalized spacial score (nSPS) is 22.2. The van der Waals surface area contributed by atoms with E-state index in [2.05, 4.69) is 47.9 Å². The maximum atomic E-state index is 13.4. The lowest BCUT2D eigenvalue weighted by atomic mass is 9.59. The lowest BCUT2D eigenvalue weighted by molar-refractivity contribution is -0.0745. The monoisotopic (exact) mass is 531 g/mol. The molecule has 2 aromatic carbocycles. The van der Waals surface area contributed by atoms with Crippen molar-refractivity contribution in [2.45, 2.75) is 83.9 Å². The molecule has 1 aliphatic carbocycles. The molecule has 2 aliphatic heterocycles. The van der Waals surface area contributed by atoms with Gasteiger partial charge in [0.25, 0.3) is 5.91 Å². The molecule has 0 N–H and O–H groups in total. The number of nitrogens with zero attached hydrogens (tertiary/aromatic N) is 3. The molecule has 210 valence electrons. The van der Waals surface area contributed by atoms with Gasteiger partial charge in [0.2, 0.25) is 0 Å². The van der Waals surface area contributed by atoms with Crippen LogP contribution in [0.5, 0.6) is 0 Å². The molecule has 5 rings (SSSR count). The highest BCUT2D eigenvalue weighted by Gasteiger charge is 2.50. The Morgan fingerprint density at radius 1 is 0.872 bits per heavy atom. The fraction of sp³-hybridized carbons (Fsp3) is 0.576. The second-order valence-electron chi connectivity index (χ2n) is 13.2. The molecule has 2 amide bonds. The minimum absolute atomic E-state index is 0.127. The largest absolute Gasteiger partial charge is 0.444 e. The van der Waals surface area contributed by atoms with E-state index >= 15 is 0 Å². The third-order valence-electron chi connectivity index (χ3n) is 8.99. The van der Waals surface area contributed by atoms with Gasteiger partial charge in [-0.1, -0.05) is 56.3 Å². The van der Waals surface area contributed by atoms with Gasteiger partial charge in [0.05, 0.1) is 6.04 Å². The van der Waals surface area contributed by atoms with Crippen molar-refractivity contribution >= 4 is 12.0 Å². The zero-order valence-corrected chi connectivity index (χ0v) is 24.4. The van der Waals surface area contributed by atoms with E-state index in [1.54, 1.807) is 0 Å². The Balaban J connectivity index is 1.29. The number of carbonyl (C=O) groups is 2. The van der Waals surface area contributed by atoms with Gasteiger partial charge in [-0.25, -0.2) is 4.79 Å².